The van der Waals surface area contributed by atoms with Gasteiger partial charge in [-0.05, 0) is 48.9 Å². The molecule has 0 radical (unpaired) electrons. The Bertz CT molecular complexity index is 718. The summed E-state index contributed by atoms with van der Waals surface area (Å²) in [5, 5.41) is 2.83. The van der Waals surface area contributed by atoms with E-state index in [0.29, 0.717) is 18.1 Å². The molecule has 2 aromatic rings. The van der Waals surface area contributed by atoms with Crippen LogP contribution in [0.2, 0.25) is 0 Å². The molecule has 3 N–H and O–H groups in total. The first kappa shape index (κ1) is 13.8. The topological polar surface area (TPSA) is 68.0 Å². The lowest BCUT2D eigenvalue weighted by Gasteiger charge is -2.03. The SMILES string of the molecule is NCC#Cc1cccc(NC(=O)c2cc3c(s2)CCC3)n1. The molecule has 0 fully saturated rings. The molecule has 0 bridgehead atoms. The molecule has 0 unspecified atom stereocenters. The van der Waals surface area contributed by atoms with Crippen molar-refractivity contribution in [3.63, 3.8) is 0 Å². The fourth-order valence-electron chi connectivity index (χ4n) is 2.33. The molecular formula is C16H15N3OS. The van der Waals surface area contributed by atoms with Crippen LogP contribution in [-0.4, -0.2) is 17.4 Å². The number of amides is 1. The summed E-state index contributed by atoms with van der Waals surface area (Å²) in [6, 6.07) is 7.36. The molecule has 2 aromatic heterocycles. The zero-order valence-corrected chi connectivity index (χ0v) is 12.3. The van der Waals surface area contributed by atoms with Crippen LogP contribution < -0.4 is 11.1 Å². The van der Waals surface area contributed by atoms with Crippen molar-refractivity contribution in [1.29, 1.82) is 0 Å². The van der Waals surface area contributed by atoms with Crippen LogP contribution in [0, 0.1) is 11.8 Å². The second kappa shape index (κ2) is 6.08. The average Bonchev–Trinajstić information content (AvgIpc) is 3.06. The highest BCUT2D eigenvalue weighted by atomic mass is 32.1. The number of rotatable bonds is 2. The van der Waals surface area contributed by atoms with E-state index in [1.165, 1.54) is 16.9 Å². The van der Waals surface area contributed by atoms with Gasteiger partial charge in [0.2, 0.25) is 0 Å². The van der Waals surface area contributed by atoms with Crippen LogP contribution in [0.1, 0.15) is 32.2 Å². The van der Waals surface area contributed by atoms with Gasteiger partial charge < -0.3 is 11.1 Å². The van der Waals surface area contributed by atoms with E-state index in [4.69, 9.17) is 5.73 Å². The second-order valence-corrected chi connectivity index (χ2v) is 5.92. The minimum Gasteiger partial charge on any atom is -0.320 e. The number of nitrogens with one attached hydrogen (secondary N) is 1. The van der Waals surface area contributed by atoms with Crippen molar-refractivity contribution in [3.05, 3.63) is 45.3 Å². The third-order valence-corrected chi connectivity index (χ3v) is 4.52. The molecule has 0 aliphatic heterocycles. The van der Waals surface area contributed by atoms with E-state index in [1.807, 2.05) is 12.1 Å². The average molecular weight is 297 g/mol. The van der Waals surface area contributed by atoms with E-state index in [1.54, 1.807) is 23.5 Å². The highest BCUT2D eigenvalue weighted by Gasteiger charge is 2.18. The molecule has 1 aliphatic rings. The molecule has 0 saturated carbocycles. The highest BCUT2D eigenvalue weighted by molar-refractivity contribution is 7.14. The predicted octanol–water partition coefficient (Wildman–Crippen LogP) is 2.19. The number of aromatic nitrogens is 1. The molecule has 1 aliphatic carbocycles. The minimum atomic E-state index is -0.106. The van der Waals surface area contributed by atoms with Crippen molar-refractivity contribution in [3.8, 4) is 11.8 Å². The van der Waals surface area contributed by atoms with Crippen LogP contribution >= 0.6 is 11.3 Å². The number of nitrogens with two attached hydrogens (primary N) is 1. The molecule has 0 atom stereocenters. The van der Waals surface area contributed by atoms with Crippen LogP contribution in [0.3, 0.4) is 0 Å². The van der Waals surface area contributed by atoms with Gasteiger partial charge in [-0.25, -0.2) is 4.98 Å². The summed E-state index contributed by atoms with van der Waals surface area (Å²) in [4.78, 5) is 18.6. The van der Waals surface area contributed by atoms with Crippen LogP contribution in [0.5, 0.6) is 0 Å². The maximum atomic E-state index is 12.2. The van der Waals surface area contributed by atoms with Gasteiger partial charge in [0.25, 0.3) is 5.91 Å². The third kappa shape index (κ3) is 3.13. The summed E-state index contributed by atoms with van der Waals surface area (Å²) >= 11 is 1.58. The molecule has 0 spiro atoms. The van der Waals surface area contributed by atoms with Gasteiger partial charge in [-0.2, -0.15) is 0 Å². The standard InChI is InChI=1S/C16H15N3OS/c17-9-3-6-12-5-2-8-15(18-12)19-16(20)14-10-11-4-1-7-13(11)21-14/h2,5,8,10H,1,4,7,9,17H2,(H,18,19,20). The Morgan fingerprint density at radius 3 is 3.14 bits per heavy atom. The molecule has 5 heteroatoms. The van der Waals surface area contributed by atoms with Crippen LogP contribution in [0.4, 0.5) is 5.82 Å². The first-order valence-corrected chi connectivity index (χ1v) is 7.67. The highest BCUT2D eigenvalue weighted by Crippen LogP contribution is 2.30. The van der Waals surface area contributed by atoms with E-state index < -0.39 is 0 Å². The zero-order chi connectivity index (χ0) is 14.7. The van der Waals surface area contributed by atoms with E-state index in [0.717, 1.165) is 17.7 Å². The van der Waals surface area contributed by atoms with Crippen LogP contribution in [0.25, 0.3) is 0 Å². The third-order valence-electron chi connectivity index (χ3n) is 3.28. The molecule has 106 valence electrons. The van der Waals surface area contributed by atoms with Crippen molar-refractivity contribution in [2.24, 2.45) is 5.73 Å². The Morgan fingerprint density at radius 1 is 1.43 bits per heavy atom. The number of pyridine rings is 1. The summed E-state index contributed by atoms with van der Waals surface area (Å²) in [5.74, 6) is 6.01. The Hall–Kier alpha value is -2.16. The summed E-state index contributed by atoms with van der Waals surface area (Å²) < 4.78 is 0. The van der Waals surface area contributed by atoms with Crippen molar-refractivity contribution in [1.82, 2.24) is 4.98 Å². The normalized spacial score (nSPS) is 12.4. The molecule has 4 nitrogen and oxygen atoms in total. The maximum absolute atomic E-state index is 12.2. The Labute approximate surface area is 127 Å². The number of anilines is 1. The van der Waals surface area contributed by atoms with E-state index in [2.05, 4.69) is 22.1 Å². The van der Waals surface area contributed by atoms with Gasteiger partial charge in [0.15, 0.2) is 0 Å². The molecular weight excluding hydrogens is 282 g/mol. The quantitative estimate of drug-likeness (QED) is 0.835. The molecule has 0 aromatic carbocycles. The lowest BCUT2D eigenvalue weighted by atomic mass is 10.2. The van der Waals surface area contributed by atoms with Gasteiger partial charge in [0.05, 0.1) is 11.4 Å². The number of carbonyl (C=O) groups is 1. The van der Waals surface area contributed by atoms with Gasteiger partial charge in [-0.1, -0.05) is 12.0 Å². The zero-order valence-electron chi connectivity index (χ0n) is 11.5. The largest absolute Gasteiger partial charge is 0.320 e. The van der Waals surface area contributed by atoms with E-state index >= 15 is 0 Å². The Morgan fingerprint density at radius 2 is 2.33 bits per heavy atom. The first-order chi connectivity index (χ1) is 10.3. The van der Waals surface area contributed by atoms with Crippen molar-refractivity contribution >= 4 is 23.1 Å². The molecule has 3 rings (SSSR count). The second-order valence-electron chi connectivity index (χ2n) is 4.78. The smallest absolute Gasteiger partial charge is 0.266 e. The van der Waals surface area contributed by atoms with Gasteiger partial charge >= 0.3 is 0 Å². The number of aryl methyl sites for hydroxylation is 2. The number of hydrogen-bond donors (Lipinski definition) is 2. The summed E-state index contributed by atoms with van der Waals surface area (Å²) in [5.41, 5.74) is 7.26. The van der Waals surface area contributed by atoms with Crippen LogP contribution in [0.15, 0.2) is 24.3 Å². The molecule has 21 heavy (non-hydrogen) atoms. The summed E-state index contributed by atoms with van der Waals surface area (Å²) in [6.07, 6.45) is 3.38. The summed E-state index contributed by atoms with van der Waals surface area (Å²) in [6.45, 7) is 0.291. The van der Waals surface area contributed by atoms with E-state index in [9.17, 15) is 4.79 Å². The van der Waals surface area contributed by atoms with Crippen LogP contribution in [-0.2, 0) is 12.8 Å². The molecule has 2 heterocycles. The van der Waals surface area contributed by atoms with Gasteiger partial charge in [0, 0.05) is 4.88 Å². The number of nitrogens with zero attached hydrogens (tertiary/aromatic N) is 1. The lowest BCUT2D eigenvalue weighted by Crippen LogP contribution is -2.11. The van der Waals surface area contributed by atoms with Gasteiger partial charge in [0.1, 0.15) is 11.5 Å². The Kier molecular flexibility index (Phi) is 4.00. The van der Waals surface area contributed by atoms with Crippen molar-refractivity contribution in [2.45, 2.75) is 19.3 Å². The molecule has 1 amide bonds. The fraction of sp³-hybridized carbons (Fsp3) is 0.250. The van der Waals surface area contributed by atoms with Gasteiger partial charge in [-0.3, -0.25) is 4.79 Å². The predicted molar refractivity (Wildman–Crippen MR) is 84.5 cm³/mol. The maximum Gasteiger partial charge on any atom is 0.266 e. The number of thiophene rings is 1. The Balaban J connectivity index is 1.74. The number of hydrogen-bond acceptors (Lipinski definition) is 4. The monoisotopic (exact) mass is 297 g/mol. The minimum absolute atomic E-state index is 0.106. The fourth-order valence-corrected chi connectivity index (χ4v) is 3.48. The van der Waals surface area contributed by atoms with E-state index in [-0.39, 0.29) is 5.91 Å². The van der Waals surface area contributed by atoms with Gasteiger partial charge in [-0.15, -0.1) is 11.3 Å². The van der Waals surface area contributed by atoms with Crippen molar-refractivity contribution < 1.29 is 4.79 Å². The number of fused-ring (bicyclic) bond motifs is 1. The van der Waals surface area contributed by atoms with Crippen molar-refractivity contribution in [2.75, 3.05) is 11.9 Å². The first-order valence-electron chi connectivity index (χ1n) is 6.85. The number of carbonyl (C=O) groups excluding carboxylic acids is 1. The molecule has 0 saturated heterocycles. The summed E-state index contributed by atoms with van der Waals surface area (Å²) in [7, 11) is 0. The lowest BCUT2D eigenvalue weighted by molar-refractivity contribution is 0.103.